The predicted molar refractivity (Wildman–Crippen MR) is 152 cm³/mol. The van der Waals surface area contributed by atoms with Gasteiger partial charge in [-0.2, -0.15) is 0 Å². The Hall–Kier alpha value is -4.35. The fraction of sp³-hybridized carbons (Fsp3) is 0.143. The third-order valence-electron chi connectivity index (χ3n) is 5.56. The Bertz CT molecular complexity index is 1410. The second-order valence-electron chi connectivity index (χ2n) is 8.18. The predicted octanol–water partition coefficient (Wildman–Crippen LogP) is 3.95. The van der Waals surface area contributed by atoms with Gasteiger partial charge in [-0.25, -0.2) is 0 Å². The zero-order chi connectivity index (χ0) is 27.8. The van der Waals surface area contributed by atoms with Gasteiger partial charge in [0.2, 0.25) is 0 Å². The standard InChI is InChI=1S/C28H25N3O6S2/c1-35-22-13-8-19(14-23(22)36-2)15-24-27(34)31(28(38)39-24)16-25(32)29-30-26(33)20-9-11-21(12-10-20)37-17-18-6-4-3-5-7-18/h3-15H,16-17H2,1-2H3,(H,29,32)(H,30,33). The zero-order valence-electron chi connectivity index (χ0n) is 21.1. The molecule has 0 unspecified atom stereocenters. The number of amides is 3. The molecule has 9 nitrogen and oxygen atoms in total. The van der Waals surface area contributed by atoms with Crippen molar-refractivity contribution in [2.45, 2.75) is 6.61 Å². The topological polar surface area (TPSA) is 106 Å². The first kappa shape index (κ1) is 27.7. The molecular formula is C28H25N3O6S2. The molecule has 0 atom stereocenters. The molecule has 1 fully saturated rings. The summed E-state index contributed by atoms with van der Waals surface area (Å²) in [6.07, 6.45) is 1.66. The molecule has 0 saturated carbocycles. The number of nitrogens with zero attached hydrogens (tertiary/aromatic N) is 1. The maximum Gasteiger partial charge on any atom is 0.269 e. The molecule has 1 aliphatic heterocycles. The summed E-state index contributed by atoms with van der Waals surface area (Å²) in [6.45, 7) is 0.0590. The van der Waals surface area contributed by atoms with Crippen LogP contribution in [0.5, 0.6) is 17.2 Å². The molecule has 3 amide bonds. The molecule has 0 spiro atoms. The van der Waals surface area contributed by atoms with E-state index >= 15 is 0 Å². The fourth-order valence-electron chi connectivity index (χ4n) is 3.56. The van der Waals surface area contributed by atoms with E-state index in [1.807, 2.05) is 30.3 Å². The van der Waals surface area contributed by atoms with Gasteiger partial charge in [-0.15, -0.1) is 0 Å². The average Bonchev–Trinajstić information content (AvgIpc) is 3.22. The van der Waals surface area contributed by atoms with E-state index in [1.54, 1.807) is 48.5 Å². The molecular weight excluding hydrogens is 538 g/mol. The van der Waals surface area contributed by atoms with Crippen LogP contribution in [-0.2, 0) is 16.2 Å². The Morgan fingerprint density at radius 3 is 2.36 bits per heavy atom. The van der Waals surface area contributed by atoms with E-state index in [1.165, 1.54) is 19.1 Å². The third-order valence-corrected chi connectivity index (χ3v) is 6.94. The number of nitrogens with one attached hydrogen (secondary N) is 2. The van der Waals surface area contributed by atoms with Crippen molar-refractivity contribution in [3.8, 4) is 17.2 Å². The molecule has 0 aliphatic carbocycles. The van der Waals surface area contributed by atoms with Gasteiger partial charge in [0, 0.05) is 5.56 Å². The lowest BCUT2D eigenvalue weighted by Crippen LogP contribution is -2.47. The summed E-state index contributed by atoms with van der Waals surface area (Å²) in [6, 6.07) is 21.5. The second-order valence-corrected chi connectivity index (χ2v) is 9.86. The van der Waals surface area contributed by atoms with E-state index in [0.29, 0.717) is 39.9 Å². The van der Waals surface area contributed by atoms with Crippen LogP contribution in [0.3, 0.4) is 0 Å². The maximum absolute atomic E-state index is 12.9. The van der Waals surface area contributed by atoms with Crippen molar-refractivity contribution in [1.82, 2.24) is 15.8 Å². The van der Waals surface area contributed by atoms with Crippen molar-refractivity contribution in [3.63, 3.8) is 0 Å². The van der Waals surface area contributed by atoms with Gasteiger partial charge < -0.3 is 14.2 Å². The minimum atomic E-state index is -0.602. The highest BCUT2D eigenvalue weighted by molar-refractivity contribution is 8.26. The van der Waals surface area contributed by atoms with E-state index in [4.69, 9.17) is 26.4 Å². The minimum absolute atomic E-state index is 0.235. The van der Waals surface area contributed by atoms with Crippen LogP contribution in [-0.4, -0.2) is 47.7 Å². The molecule has 1 aliphatic rings. The number of rotatable bonds is 9. The molecule has 11 heteroatoms. The quantitative estimate of drug-likeness (QED) is 0.229. The molecule has 39 heavy (non-hydrogen) atoms. The molecule has 1 saturated heterocycles. The maximum atomic E-state index is 12.9. The summed E-state index contributed by atoms with van der Waals surface area (Å²) >= 11 is 6.38. The van der Waals surface area contributed by atoms with Crippen LogP contribution in [0.2, 0.25) is 0 Å². The number of carbonyl (C=O) groups excluding carboxylic acids is 3. The van der Waals surface area contributed by atoms with Crippen LogP contribution < -0.4 is 25.1 Å². The molecule has 0 radical (unpaired) electrons. The van der Waals surface area contributed by atoms with E-state index in [2.05, 4.69) is 10.9 Å². The molecule has 3 aromatic carbocycles. The number of hydrogen-bond donors (Lipinski definition) is 2. The first-order valence-corrected chi connectivity index (χ1v) is 12.9. The number of methoxy groups -OCH3 is 2. The number of thiocarbonyl (C=S) groups is 1. The van der Waals surface area contributed by atoms with Gasteiger partial charge in [0.15, 0.2) is 11.5 Å². The summed E-state index contributed by atoms with van der Waals surface area (Å²) in [5.74, 6) is 0.160. The summed E-state index contributed by atoms with van der Waals surface area (Å²) in [7, 11) is 3.06. The van der Waals surface area contributed by atoms with E-state index in [-0.39, 0.29) is 10.9 Å². The summed E-state index contributed by atoms with van der Waals surface area (Å²) < 4.78 is 16.5. The van der Waals surface area contributed by atoms with Gasteiger partial charge in [-0.05, 0) is 53.6 Å². The van der Waals surface area contributed by atoms with Crippen molar-refractivity contribution < 1.29 is 28.6 Å². The number of thioether (sulfide) groups is 1. The zero-order valence-corrected chi connectivity index (χ0v) is 22.8. The first-order chi connectivity index (χ1) is 18.9. The van der Waals surface area contributed by atoms with Crippen molar-refractivity contribution in [1.29, 1.82) is 0 Å². The van der Waals surface area contributed by atoms with Gasteiger partial charge >= 0.3 is 0 Å². The third kappa shape index (κ3) is 7.15. The lowest BCUT2D eigenvalue weighted by molar-refractivity contribution is -0.129. The smallest absolute Gasteiger partial charge is 0.269 e. The Balaban J connectivity index is 1.28. The molecule has 3 aromatic rings. The average molecular weight is 564 g/mol. The van der Waals surface area contributed by atoms with Gasteiger partial charge in [-0.1, -0.05) is 60.4 Å². The van der Waals surface area contributed by atoms with Crippen molar-refractivity contribution in [3.05, 3.63) is 94.4 Å². The summed E-state index contributed by atoms with van der Waals surface area (Å²) in [4.78, 5) is 39.3. The van der Waals surface area contributed by atoms with Gasteiger partial charge in [0.25, 0.3) is 17.7 Å². The largest absolute Gasteiger partial charge is 0.493 e. The van der Waals surface area contributed by atoms with Gasteiger partial charge in [0.05, 0.1) is 19.1 Å². The molecule has 0 bridgehead atoms. The Kier molecular flexibility index (Phi) is 9.18. The van der Waals surface area contributed by atoms with Crippen LogP contribution in [0, 0.1) is 0 Å². The van der Waals surface area contributed by atoms with Crippen molar-refractivity contribution >= 4 is 52.1 Å². The molecule has 200 valence electrons. The van der Waals surface area contributed by atoms with Crippen LogP contribution in [0.4, 0.5) is 0 Å². The van der Waals surface area contributed by atoms with Crippen LogP contribution in [0.15, 0.2) is 77.7 Å². The second kappa shape index (κ2) is 12.9. The highest BCUT2D eigenvalue weighted by Crippen LogP contribution is 2.34. The van der Waals surface area contributed by atoms with E-state index < -0.39 is 17.7 Å². The van der Waals surface area contributed by atoms with Gasteiger partial charge in [0.1, 0.15) is 23.2 Å². The van der Waals surface area contributed by atoms with Crippen LogP contribution in [0.25, 0.3) is 6.08 Å². The number of carbonyl (C=O) groups is 3. The molecule has 1 heterocycles. The number of hydrogen-bond acceptors (Lipinski definition) is 8. The van der Waals surface area contributed by atoms with Crippen LogP contribution >= 0.6 is 24.0 Å². The number of benzene rings is 3. The monoisotopic (exact) mass is 563 g/mol. The van der Waals surface area contributed by atoms with Gasteiger partial charge in [-0.3, -0.25) is 30.1 Å². The number of ether oxygens (including phenoxy) is 3. The van der Waals surface area contributed by atoms with E-state index in [9.17, 15) is 14.4 Å². The Morgan fingerprint density at radius 1 is 0.949 bits per heavy atom. The molecule has 0 aromatic heterocycles. The fourth-order valence-corrected chi connectivity index (χ4v) is 4.81. The normalized spacial score (nSPS) is 13.8. The Labute approximate surface area is 235 Å². The highest BCUT2D eigenvalue weighted by atomic mass is 32.2. The highest BCUT2D eigenvalue weighted by Gasteiger charge is 2.33. The van der Waals surface area contributed by atoms with Crippen molar-refractivity contribution in [2.24, 2.45) is 0 Å². The minimum Gasteiger partial charge on any atom is -0.493 e. The van der Waals surface area contributed by atoms with Crippen molar-refractivity contribution in [2.75, 3.05) is 20.8 Å². The molecule has 4 rings (SSSR count). The lowest BCUT2D eigenvalue weighted by atomic mass is 10.2. The number of hydrazine groups is 1. The van der Waals surface area contributed by atoms with Crippen LogP contribution in [0.1, 0.15) is 21.5 Å². The Morgan fingerprint density at radius 2 is 1.67 bits per heavy atom. The summed E-state index contributed by atoms with van der Waals surface area (Å²) in [5, 5.41) is 0. The molecule has 2 N–H and O–H groups in total. The summed E-state index contributed by atoms with van der Waals surface area (Å²) in [5.41, 5.74) is 6.73. The first-order valence-electron chi connectivity index (χ1n) is 11.7. The van der Waals surface area contributed by atoms with E-state index in [0.717, 1.165) is 17.3 Å². The lowest BCUT2D eigenvalue weighted by Gasteiger charge is -2.14. The SMILES string of the molecule is COc1ccc(C=C2SC(=S)N(CC(=O)NNC(=O)c3ccc(OCc4ccccc4)cc3)C2=O)cc1OC.